The van der Waals surface area contributed by atoms with Crippen molar-refractivity contribution in [3.8, 4) is 0 Å². The number of hydrogen-bond acceptors (Lipinski definition) is 2. The van der Waals surface area contributed by atoms with Gasteiger partial charge in [0.2, 0.25) is 0 Å². The molecule has 0 radical (unpaired) electrons. The minimum Gasteiger partial charge on any atom is -0.550 e. The molecule has 0 saturated carbocycles. The van der Waals surface area contributed by atoms with Crippen molar-refractivity contribution < 1.29 is 61.3 Å². The molecule has 64 valence electrons. The van der Waals surface area contributed by atoms with Gasteiger partial charge in [0.05, 0.1) is 0 Å². The number of carboxylic acids is 1. The maximum absolute atomic E-state index is 9.93. The molecule has 0 heterocycles. The summed E-state index contributed by atoms with van der Waals surface area (Å²) in [6.07, 6.45) is 6.36. The fourth-order valence-corrected chi connectivity index (χ4v) is 0.789. The fourth-order valence-electron chi connectivity index (χ4n) is 0.663. The molecule has 0 aliphatic heterocycles. The second-order valence-corrected chi connectivity index (χ2v) is 2.59. The third kappa shape index (κ3) is 13.7. The summed E-state index contributed by atoms with van der Waals surface area (Å²) < 4.78 is 0. The molecule has 12 heavy (non-hydrogen) atoms. The van der Waals surface area contributed by atoms with Gasteiger partial charge >= 0.3 is 51.4 Å². The van der Waals surface area contributed by atoms with E-state index in [1.807, 2.05) is 12.2 Å². The van der Waals surface area contributed by atoms with Crippen LogP contribution in [0.25, 0.3) is 0 Å². The molecule has 0 atom stereocenters. The quantitative estimate of drug-likeness (QED) is 0.224. The maximum atomic E-state index is 9.93. The number of aliphatic carboxylic acids is 1. The molecule has 0 aliphatic rings. The number of halogens is 1. The summed E-state index contributed by atoms with van der Waals surface area (Å²) in [6.45, 7) is 0. The van der Waals surface area contributed by atoms with Crippen LogP contribution in [0.1, 0.15) is 25.7 Å². The van der Waals surface area contributed by atoms with E-state index in [1.54, 1.807) is 0 Å². The Morgan fingerprint density at radius 1 is 1.33 bits per heavy atom. The number of rotatable bonds is 6. The number of carbonyl (C=O) groups is 1. The van der Waals surface area contributed by atoms with E-state index in [0.29, 0.717) is 12.3 Å². The van der Waals surface area contributed by atoms with Crippen LogP contribution in [0.2, 0.25) is 0 Å². The predicted octanol–water partition coefficient (Wildman–Crippen LogP) is -1.90. The number of hydrogen-bond donors (Lipinski definition) is 0. The van der Waals surface area contributed by atoms with Crippen molar-refractivity contribution in [3.63, 3.8) is 0 Å². The van der Waals surface area contributed by atoms with Gasteiger partial charge in [0.15, 0.2) is 0 Å². The van der Waals surface area contributed by atoms with Gasteiger partial charge in [-0.2, -0.15) is 0 Å². The third-order valence-electron chi connectivity index (χ3n) is 1.19. The zero-order valence-electron chi connectivity index (χ0n) is 7.38. The topological polar surface area (TPSA) is 40.1 Å². The normalized spacial score (nSPS) is 9.75. The molecule has 0 bridgehead atoms. The summed E-state index contributed by atoms with van der Waals surface area (Å²) in [5, 5.41) is 9.93. The molecular formula is C8H12ClKO2. The summed E-state index contributed by atoms with van der Waals surface area (Å²) >= 11 is 5.41. The van der Waals surface area contributed by atoms with Gasteiger partial charge in [-0.15, -0.1) is 11.6 Å². The summed E-state index contributed by atoms with van der Waals surface area (Å²) in [6, 6.07) is 0. The Bertz CT molecular complexity index is 137. The van der Waals surface area contributed by atoms with E-state index in [-0.39, 0.29) is 57.8 Å². The number of allylic oxidation sites excluding steroid dienone is 2. The first-order chi connectivity index (χ1) is 5.27. The number of carboxylic acid groups (broad SMARTS) is 1. The Labute approximate surface area is 121 Å². The molecule has 4 heteroatoms. The van der Waals surface area contributed by atoms with Crippen LogP contribution in [0.3, 0.4) is 0 Å². The molecule has 0 aromatic heterocycles. The molecule has 0 aromatic carbocycles. The Balaban J connectivity index is 0. The molecule has 0 aliphatic carbocycles. The standard InChI is InChI=1S/C8H13ClO2.K/c9-7-5-3-1-2-4-6-8(10)11;/h1,3H,2,4-7H2,(H,10,11);/q;+1/p-1/b3-1+;. The Kier molecular flexibility index (Phi) is 15.8. The average molecular weight is 215 g/mol. The third-order valence-corrected chi connectivity index (χ3v) is 1.41. The molecule has 0 N–H and O–H groups in total. The van der Waals surface area contributed by atoms with Gasteiger partial charge in [0, 0.05) is 11.8 Å². The Morgan fingerprint density at radius 3 is 2.42 bits per heavy atom. The molecule has 0 unspecified atom stereocenters. The minimum absolute atomic E-state index is 0. The van der Waals surface area contributed by atoms with E-state index < -0.39 is 5.97 Å². The van der Waals surface area contributed by atoms with Crippen molar-refractivity contribution in [1.29, 1.82) is 0 Å². The van der Waals surface area contributed by atoms with Crippen LogP contribution in [0.5, 0.6) is 0 Å². The van der Waals surface area contributed by atoms with Crippen LogP contribution in [0.15, 0.2) is 12.2 Å². The van der Waals surface area contributed by atoms with Gasteiger partial charge < -0.3 is 9.90 Å². The summed E-state index contributed by atoms with van der Waals surface area (Å²) in [4.78, 5) is 9.93. The van der Waals surface area contributed by atoms with Crippen LogP contribution < -0.4 is 56.5 Å². The smallest absolute Gasteiger partial charge is 0.550 e. The first kappa shape index (κ1) is 15.6. The number of carbonyl (C=O) groups excluding carboxylic acids is 1. The van der Waals surface area contributed by atoms with E-state index in [0.717, 1.165) is 12.8 Å². The van der Waals surface area contributed by atoms with E-state index >= 15 is 0 Å². The number of unbranched alkanes of at least 4 members (excludes halogenated alkanes) is 1. The van der Waals surface area contributed by atoms with Gasteiger partial charge in [-0.1, -0.05) is 12.2 Å². The Morgan fingerprint density at radius 2 is 1.92 bits per heavy atom. The Hall–Kier alpha value is 1.14. The van der Waals surface area contributed by atoms with Crippen LogP contribution in [-0.4, -0.2) is 11.8 Å². The van der Waals surface area contributed by atoms with Gasteiger partial charge in [0.25, 0.3) is 0 Å². The monoisotopic (exact) mass is 214 g/mol. The van der Waals surface area contributed by atoms with E-state index in [4.69, 9.17) is 11.6 Å². The van der Waals surface area contributed by atoms with Crippen LogP contribution in [0, 0.1) is 0 Å². The first-order valence-electron chi connectivity index (χ1n) is 3.68. The minimum atomic E-state index is -0.976. The largest absolute Gasteiger partial charge is 1.00 e. The maximum Gasteiger partial charge on any atom is 1.00 e. The molecule has 0 saturated heterocycles. The van der Waals surface area contributed by atoms with Gasteiger partial charge in [-0.3, -0.25) is 0 Å². The van der Waals surface area contributed by atoms with Crippen molar-refractivity contribution in [1.82, 2.24) is 0 Å². The SMILES string of the molecule is O=C([O-])CCC/C=C/CCCl.[K+]. The van der Waals surface area contributed by atoms with Crippen molar-refractivity contribution in [2.24, 2.45) is 0 Å². The van der Waals surface area contributed by atoms with E-state index in [1.165, 1.54) is 0 Å². The zero-order chi connectivity index (χ0) is 8.53. The molecule has 2 nitrogen and oxygen atoms in total. The summed E-state index contributed by atoms with van der Waals surface area (Å²) in [5.74, 6) is -0.354. The molecule has 0 amide bonds. The second kappa shape index (κ2) is 12.1. The van der Waals surface area contributed by atoms with E-state index in [2.05, 4.69) is 0 Å². The fraction of sp³-hybridized carbons (Fsp3) is 0.625. The van der Waals surface area contributed by atoms with Crippen LogP contribution in [-0.2, 0) is 4.79 Å². The second-order valence-electron chi connectivity index (χ2n) is 2.21. The van der Waals surface area contributed by atoms with Gasteiger partial charge in [-0.25, -0.2) is 0 Å². The molecule has 0 fully saturated rings. The van der Waals surface area contributed by atoms with Crippen molar-refractivity contribution in [2.45, 2.75) is 25.7 Å². The molecule has 0 spiro atoms. The van der Waals surface area contributed by atoms with Crippen molar-refractivity contribution in [2.75, 3.05) is 5.88 Å². The zero-order valence-corrected chi connectivity index (χ0v) is 11.3. The summed E-state index contributed by atoms with van der Waals surface area (Å²) in [7, 11) is 0. The van der Waals surface area contributed by atoms with Gasteiger partial charge in [0.1, 0.15) is 0 Å². The van der Waals surface area contributed by atoms with Crippen molar-refractivity contribution >= 4 is 17.6 Å². The molecule has 0 aromatic rings. The van der Waals surface area contributed by atoms with Crippen LogP contribution >= 0.6 is 11.6 Å². The van der Waals surface area contributed by atoms with Crippen molar-refractivity contribution in [3.05, 3.63) is 12.2 Å². The average Bonchev–Trinajstić information content (AvgIpc) is 1.96. The van der Waals surface area contributed by atoms with Crippen LogP contribution in [0.4, 0.5) is 0 Å². The van der Waals surface area contributed by atoms with Gasteiger partial charge in [-0.05, 0) is 25.7 Å². The molecular weight excluding hydrogens is 203 g/mol. The summed E-state index contributed by atoms with van der Waals surface area (Å²) in [5.41, 5.74) is 0. The predicted molar refractivity (Wildman–Crippen MR) is 43.3 cm³/mol. The first-order valence-corrected chi connectivity index (χ1v) is 4.21. The number of alkyl halides is 1. The van der Waals surface area contributed by atoms with E-state index in [9.17, 15) is 9.90 Å². The molecule has 0 rings (SSSR count).